The number of allylic oxidation sites excluding steroid dienone is 2. The van der Waals surface area contributed by atoms with Crippen LogP contribution in [0.1, 0.15) is 34.6 Å². The highest BCUT2D eigenvalue weighted by Crippen LogP contribution is 2.15. The van der Waals surface area contributed by atoms with Crippen LogP contribution in [0.15, 0.2) is 11.8 Å². The van der Waals surface area contributed by atoms with Crippen molar-refractivity contribution in [2.45, 2.75) is 34.6 Å². The normalized spacial score (nSPS) is 13.5. The number of hydrogen-bond acceptors (Lipinski definition) is 2. The monoisotopic (exact) mass is 156 g/mol. The first-order chi connectivity index (χ1) is 4.87. The topological polar surface area (TPSA) is 29.3 Å². The van der Waals surface area contributed by atoms with E-state index < -0.39 is 0 Å². The molecule has 0 saturated carbocycles. The summed E-state index contributed by atoms with van der Waals surface area (Å²) in [6, 6.07) is 0. The smallest absolute Gasteiger partial charge is 0.0386 e. The molecule has 0 radical (unpaired) electrons. The minimum atomic E-state index is 0.263. The van der Waals surface area contributed by atoms with E-state index in [2.05, 4.69) is 20.8 Å². The molecule has 0 fully saturated rings. The summed E-state index contributed by atoms with van der Waals surface area (Å²) in [5, 5.41) is 1.79. The van der Waals surface area contributed by atoms with Gasteiger partial charge in [0.05, 0.1) is 0 Å². The molecule has 0 aromatic rings. The maximum atomic E-state index is 5.78. The fourth-order valence-electron chi connectivity index (χ4n) is 0.802. The third kappa shape index (κ3) is 4.85. The molecule has 0 heterocycles. The molecule has 0 aliphatic heterocycles. The van der Waals surface area contributed by atoms with Gasteiger partial charge in [0.2, 0.25) is 0 Å². The van der Waals surface area contributed by atoms with E-state index in [0.29, 0.717) is 0 Å². The van der Waals surface area contributed by atoms with Gasteiger partial charge in [0.25, 0.3) is 0 Å². The molecule has 0 aliphatic rings. The molecule has 0 aromatic heterocycles. The first-order valence-electron chi connectivity index (χ1n) is 4.02. The first kappa shape index (κ1) is 10.5. The Labute approximate surface area is 70.0 Å². The van der Waals surface area contributed by atoms with Gasteiger partial charge in [0.1, 0.15) is 0 Å². The molecular formula is C9H20N2. The highest BCUT2D eigenvalue weighted by atomic mass is 15.4. The molecule has 2 heteroatoms. The second-order valence-electron chi connectivity index (χ2n) is 4.12. The van der Waals surface area contributed by atoms with Gasteiger partial charge in [-0.2, -0.15) is 0 Å². The van der Waals surface area contributed by atoms with Crippen LogP contribution in [0, 0.1) is 5.41 Å². The van der Waals surface area contributed by atoms with Crippen LogP contribution < -0.4 is 5.84 Å². The van der Waals surface area contributed by atoms with Crippen LogP contribution in [0.3, 0.4) is 0 Å². The van der Waals surface area contributed by atoms with E-state index in [0.717, 1.165) is 12.2 Å². The molecule has 0 amide bonds. The van der Waals surface area contributed by atoms with Gasteiger partial charge in [-0.25, -0.2) is 5.84 Å². The third-order valence-electron chi connectivity index (χ3n) is 1.52. The SMILES string of the molecule is C/C=C(\C)N(N)CC(C)(C)C. The van der Waals surface area contributed by atoms with Crippen molar-refractivity contribution >= 4 is 0 Å². The van der Waals surface area contributed by atoms with Gasteiger partial charge in [-0.3, -0.25) is 0 Å². The predicted molar refractivity (Wildman–Crippen MR) is 49.8 cm³/mol. The van der Waals surface area contributed by atoms with Crippen LogP contribution in [-0.2, 0) is 0 Å². The van der Waals surface area contributed by atoms with Gasteiger partial charge < -0.3 is 5.01 Å². The zero-order valence-electron chi connectivity index (χ0n) is 8.31. The number of hydrogen-bond donors (Lipinski definition) is 1. The Morgan fingerprint density at radius 3 is 2.18 bits per heavy atom. The maximum Gasteiger partial charge on any atom is 0.0386 e. The third-order valence-corrected chi connectivity index (χ3v) is 1.52. The fraction of sp³-hybridized carbons (Fsp3) is 0.778. The van der Waals surface area contributed by atoms with Crippen LogP contribution >= 0.6 is 0 Å². The van der Waals surface area contributed by atoms with Crippen LogP contribution in [-0.4, -0.2) is 11.6 Å². The van der Waals surface area contributed by atoms with E-state index in [1.807, 2.05) is 19.9 Å². The van der Waals surface area contributed by atoms with Gasteiger partial charge in [0, 0.05) is 12.2 Å². The fourth-order valence-corrected chi connectivity index (χ4v) is 0.802. The van der Waals surface area contributed by atoms with Crippen LogP contribution in [0.25, 0.3) is 0 Å². The van der Waals surface area contributed by atoms with Crippen LogP contribution in [0.4, 0.5) is 0 Å². The molecule has 66 valence electrons. The zero-order valence-corrected chi connectivity index (χ0v) is 8.31. The summed E-state index contributed by atoms with van der Waals surface area (Å²) in [7, 11) is 0. The molecule has 2 N–H and O–H groups in total. The van der Waals surface area contributed by atoms with Crippen molar-refractivity contribution in [3.8, 4) is 0 Å². The molecule has 2 nitrogen and oxygen atoms in total. The molecule has 0 bridgehead atoms. The number of hydrazine groups is 1. The van der Waals surface area contributed by atoms with E-state index in [1.54, 1.807) is 5.01 Å². The van der Waals surface area contributed by atoms with Crippen molar-refractivity contribution in [3.05, 3.63) is 11.8 Å². The average Bonchev–Trinajstić information content (AvgIpc) is 1.82. The largest absolute Gasteiger partial charge is 0.315 e. The van der Waals surface area contributed by atoms with Crippen molar-refractivity contribution in [2.24, 2.45) is 11.3 Å². The summed E-state index contributed by atoms with van der Waals surface area (Å²) >= 11 is 0. The van der Waals surface area contributed by atoms with Crippen LogP contribution in [0.2, 0.25) is 0 Å². The molecule has 0 aliphatic carbocycles. The van der Waals surface area contributed by atoms with Crippen molar-refractivity contribution in [2.75, 3.05) is 6.54 Å². The summed E-state index contributed by atoms with van der Waals surface area (Å²) in [5.74, 6) is 5.78. The summed E-state index contributed by atoms with van der Waals surface area (Å²) < 4.78 is 0. The molecular weight excluding hydrogens is 136 g/mol. The zero-order chi connectivity index (χ0) is 9.07. The lowest BCUT2D eigenvalue weighted by molar-refractivity contribution is 0.239. The number of nitrogens with zero attached hydrogens (tertiary/aromatic N) is 1. The van der Waals surface area contributed by atoms with E-state index >= 15 is 0 Å². The summed E-state index contributed by atoms with van der Waals surface area (Å²) in [4.78, 5) is 0. The Morgan fingerprint density at radius 1 is 1.45 bits per heavy atom. The molecule has 0 spiro atoms. The summed E-state index contributed by atoms with van der Waals surface area (Å²) in [6.45, 7) is 11.4. The van der Waals surface area contributed by atoms with Gasteiger partial charge in [-0.05, 0) is 19.3 Å². The van der Waals surface area contributed by atoms with E-state index in [-0.39, 0.29) is 5.41 Å². The minimum Gasteiger partial charge on any atom is -0.315 e. The standard InChI is InChI=1S/C9H20N2/c1-6-8(2)11(10)7-9(3,4)5/h6H,7,10H2,1-5H3/b8-6+. The lowest BCUT2D eigenvalue weighted by Gasteiger charge is -2.27. The summed E-state index contributed by atoms with van der Waals surface area (Å²) in [6.07, 6.45) is 2.02. The van der Waals surface area contributed by atoms with Crippen molar-refractivity contribution < 1.29 is 0 Å². The number of rotatable bonds is 2. The Morgan fingerprint density at radius 2 is 1.91 bits per heavy atom. The Balaban J connectivity index is 3.98. The summed E-state index contributed by atoms with van der Waals surface area (Å²) in [5.41, 5.74) is 1.39. The predicted octanol–water partition coefficient (Wildman–Crippen LogP) is 2.13. The molecule has 11 heavy (non-hydrogen) atoms. The van der Waals surface area contributed by atoms with E-state index in [1.165, 1.54) is 0 Å². The quantitative estimate of drug-likeness (QED) is 0.490. The second-order valence-corrected chi connectivity index (χ2v) is 4.12. The molecule has 0 rings (SSSR count). The van der Waals surface area contributed by atoms with Crippen molar-refractivity contribution in [1.82, 2.24) is 5.01 Å². The van der Waals surface area contributed by atoms with E-state index in [9.17, 15) is 0 Å². The van der Waals surface area contributed by atoms with Crippen LogP contribution in [0.5, 0.6) is 0 Å². The molecule has 0 aromatic carbocycles. The van der Waals surface area contributed by atoms with Gasteiger partial charge in [-0.15, -0.1) is 0 Å². The van der Waals surface area contributed by atoms with Crippen molar-refractivity contribution in [1.29, 1.82) is 0 Å². The van der Waals surface area contributed by atoms with E-state index in [4.69, 9.17) is 5.84 Å². The molecule has 0 atom stereocenters. The van der Waals surface area contributed by atoms with Crippen molar-refractivity contribution in [3.63, 3.8) is 0 Å². The molecule has 0 saturated heterocycles. The lowest BCUT2D eigenvalue weighted by Crippen LogP contribution is -2.36. The average molecular weight is 156 g/mol. The maximum absolute atomic E-state index is 5.78. The highest BCUT2D eigenvalue weighted by molar-refractivity contribution is 4.93. The highest BCUT2D eigenvalue weighted by Gasteiger charge is 2.13. The second kappa shape index (κ2) is 3.77. The number of nitrogens with two attached hydrogens (primary N) is 1. The Kier molecular flexibility index (Phi) is 3.59. The first-order valence-corrected chi connectivity index (χ1v) is 4.02. The van der Waals surface area contributed by atoms with Gasteiger partial charge in [-0.1, -0.05) is 26.8 Å². The lowest BCUT2D eigenvalue weighted by atomic mass is 9.96. The Bertz CT molecular complexity index is 142. The van der Waals surface area contributed by atoms with Gasteiger partial charge >= 0.3 is 0 Å². The molecule has 0 unspecified atom stereocenters. The van der Waals surface area contributed by atoms with Gasteiger partial charge in [0.15, 0.2) is 0 Å². The minimum absolute atomic E-state index is 0.263. The Hall–Kier alpha value is -0.500.